The lowest BCUT2D eigenvalue weighted by molar-refractivity contribution is -0.141. The van der Waals surface area contributed by atoms with E-state index in [0.717, 1.165) is 18.8 Å². The van der Waals surface area contributed by atoms with Crippen LogP contribution in [0.15, 0.2) is 0 Å². The molecular weight excluding hydrogens is 212 g/mol. The number of carbonyl (C=O) groups is 1. The number of carboxylic acid groups (broad SMARTS) is 1. The molecular formula is C10H20N2O2S. The Bertz CT molecular complexity index is 231. The highest BCUT2D eigenvalue weighted by Gasteiger charge is 2.44. The molecule has 1 aliphatic rings. The maximum absolute atomic E-state index is 10.8. The van der Waals surface area contributed by atoms with E-state index >= 15 is 0 Å². The van der Waals surface area contributed by atoms with Crippen molar-refractivity contribution in [1.29, 1.82) is 0 Å². The zero-order chi connectivity index (χ0) is 11.5. The van der Waals surface area contributed by atoms with Gasteiger partial charge in [-0.05, 0) is 20.2 Å². The number of aliphatic carboxylic acids is 1. The van der Waals surface area contributed by atoms with Crippen LogP contribution < -0.4 is 5.32 Å². The summed E-state index contributed by atoms with van der Waals surface area (Å²) in [6.07, 6.45) is 2.31. The maximum atomic E-state index is 10.8. The Balaban J connectivity index is 2.60. The van der Waals surface area contributed by atoms with Crippen LogP contribution in [0.4, 0.5) is 0 Å². The van der Waals surface area contributed by atoms with Crippen molar-refractivity contribution in [3.63, 3.8) is 0 Å². The van der Waals surface area contributed by atoms with Crippen molar-refractivity contribution >= 4 is 17.7 Å². The Hall–Kier alpha value is -0.260. The molecule has 0 saturated carbocycles. The maximum Gasteiger partial charge on any atom is 0.305 e. The molecule has 1 heterocycles. The zero-order valence-corrected chi connectivity index (χ0v) is 10.4. The summed E-state index contributed by atoms with van der Waals surface area (Å²) >= 11 is 1.80. The lowest BCUT2D eigenvalue weighted by Gasteiger charge is -2.50. The number of nitrogens with zero attached hydrogens (tertiary/aromatic N) is 1. The lowest BCUT2D eigenvalue weighted by Crippen LogP contribution is -2.70. The summed E-state index contributed by atoms with van der Waals surface area (Å²) in [6, 6.07) is 0.418. The Morgan fingerprint density at radius 3 is 2.60 bits per heavy atom. The smallest absolute Gasteiger partial charge is 0.305 e. The molecule has 0 aromatic rings. The molecule has 0 radical (unpaired) electrons. The van der Waals surface area contributed by atoms with Crippen LogP contribution in [0.2, 0.25) is 0 Å². The standard InChI is InChI=1S/C10H20N2O2S/c1-8(5-15-3)12(2)10(4-9(13)14)6-11-7-10/h8,11H,4-7H2,1-3H3,(H,13,14). The molecule has 0 amide bonds. The van der Waals surface area contributed by atoms with Gasteiger partial charge in [-0.1, -0.05) is 0 Å². The van der Waals surface area contributed by atoms with Gasteiger partial charge >= 0.3 is 5.97 Å². The van der Waals surface area contributed by atoms with Crippen LogP contribution in [0.1, 0.15) is 13.3 Å². The minimum atomic E-state index is -0.709. The summed E-state index contributed by atoms with van der Waals surface area (Å²) in [5.41, 5.74) is -0.166. The van der Waals surface area contributed by atoms with Gasteiger partial charge in [0, 0.05) is 24.9 Å². The second-order valence-corrected chi connectivity index (χ2v) is 5.22. The van der Waals surface area contributed by atoms with Gasteiger partial charge in [-0.25, -0.2) is 0 Å². The van der Waals surface area contributed by atoms with E-state index in [0.29, 0.717) is 6.04 Å². The molecule has 1 aliphatic heterocycles. The highest BCUT2D eigenvalue weighted by Crippen LogP contribution is 2.26. The zero-order valence-electron chi connectivity index (χ0n) is 9.62. The minimum absolute atomic E-state index is 0.166. The van der Waals surface area contributed by atoms with Crippen LogP contribution in [-0.2, 0) is 4.79 Å². The fourth-order valence-corrected chi connectivity index (χ4v) is 2.72. The third kappa shape index (κ3) is 2.86. The molecule has 15 heavy (non-hydrogen) atoms. The van der Waals surface area contributed by atoms with Gasteiger partial charge < -0.3 is 10.4 Å². The molecule has 1 saturated heterocycles. The number of carboxylic acids is 1. The predicted molar refractivity (Wildman–Crippen MR) is 63.5 cm³/mol. The second-order valence-electron chi connectivity index (χ2n) is 4.31. The van der Waals surface area contributed by atoms with Crippen LogP contribution in [0, 0.1) is 0 Å². The predicted octanol–water partition coefficient (Wildman–Crippen LogP) is 0.486. The first-order valence-corrected chi connectivity index (χ1v) is 6.55. The molecule has 0 spiro atoms. The second kappa shape index (κ2) is 5.18. The van der Waals surface area contributed by atoms with Gasteiger partial charge in [-0.15, -0.1) is 0 Å². The van der Waals surface area contributed by atoms with E-state index in [-0.39, 0.29) is 12.0 Å². The van der Waals surface area contributed by atoms with Crippen molar-refractivity contribution in [2.75, 3.05) is 32.1 Å². The van der Waals surface area contributed by atoms with Crippen LogP contribution in [0.25, 0.3) is 0 Å². The topological polar surface area (TPSA) is 52.6 Å². The van der Waals surface area contributed by atoms with Crippen LogP contribution >= 0.6 is 11.8 Å². The first-order chi connectivity index (χ1) is 7.02. The average Bonchev–Trinajstić information content (AvgIpc) is 2.10. The molecule has 2 N–H and O–H groups in total. The summed E-state index contributed by atoms with van der Waals surface area (Å²) in [7, 11) is 2.03. The largest absolute Gasteiger partial charge is 0.481 e. The Morgan fingerprint density at radius 1 is 1.67 bits per heavy atom. The summed E-state index contributed by atoms with van der Waals surface area (Å²) in [6.45, 7) is 3.72. The number of likely N-dealkylation sites (N-methyl/N-ethyl adjacent to an activating group) is 1. The first-order valence-electron chi connectivity index (χ1n) is 5.16. The van der Waals surface area contributed by atoms with E-state index in [4.69, 9.17) is 5.11 Å². The quantitative estimate of drug-likeness (QED) is 0.698. The van der Waals surface area contributed by atoms with E-state index < -0.39 is 5.97 Å². The molecule has 4 nitrogen and oxygen atoms in total. The molecule has 0 aromatic heterocycles. The third-order valence-corrected chi connectivity index (χ3v) is 4.02. The molecule has 0 bridgehead atoms. The molecule has 0 aromatic carbocycles. The number of thioether (sulfide) groups is 1. The van der Waals surface area contributed by atoms with Crippen molar-refractivity contribution in [3.05, 3.63) is 0 Å². The summed E-state index contributed by atoms with van der Waals surface area (Å²) in [5.74, 6) is 0.331. The summed E-state index contributed by atoms with van der Waals surface area (Å²) in [4.78, 5) is 13.0. The van der Waals surface area contributed by atoms with Crippen molar-refractivity contribution in [2.24, 2.45) is 0 Å². The molecule has 1 fully saturated rings. The molecule has 5 heteroatoms. The monoisotopic (exact) mass is 232 g/mol. The van der Waals surface area contributed by atoms with Gasteiger partial charge in [-0.3, -0.25) is 9.69 Å². The van der Waals surface area contributed by atoms with Crippen LogP contribution in [0.3, 0.4) is 0 Å². The normalized spacial score (nSPS) is 21.1. The number of rotatable bonds is 6. The summed E-state index contributed by atoms with van der Waals surface area (Å²) in [5, 5.41) is 12.1. The lowest BCUT2D eigenvalue weighted by atomic mass is 9.86. The van der Waals surface area contributed by atoms with Gasteiger partial charge in [0.25, 0.3) is 0 Å². The van der Waals surface area contributed by atoms with Gasteiger partial charge in [0.1, 0.15) is 0 Å². The average molecular weight is 232 g/mol. The third-order valence-electron chi connectivity index (χ3n) is 3.21. The van der Waals surface area contributed by atoms with E-state index in [1.165, 1.54) is 0 Å². The van der Waals surface area contributed by atoms with Crippen molar-refractivity contribution in [2.45, 2.75) is 24.9 Å². The van der Waals surface area contributed by atoms with Crippen molar-refractivity contribution < 1.29 is 9.90 Å². The van der Waals surface area contributed by atoms with Crippen LogP contribution in [0.5, 0.6) is 0 Å². The molecule has 1 rings (SSSR count). The van der Waals surface area contributed by atoms with E-state index in [1.807, 2.05) is 7.05 Å². The van der Waals surface area contributed by atoms with Crippen LogP contribution in [-0.4, -0.2) is 59.7 Å². The molecule has 1 unspecified atom stereocenters. The van der Waals surface area contributed by atoms with Gasteiger partial charge in [0.15, 0.2) is 0 Å². The fourth-order valence-electron chi connectivity index (χ4n) is 2.01. The van der Waals surface area contributed by atoms with Crippen molar-refractivity contribution in [3.8, 4) is 0 Å². The highest BCUT2D eigenvalue weighted by molar-refractivity contribution is 7.98. The SMILES string of the molecule is CSCC(C)N(C)C1(CC(=O)O)CNC1. The van der Waals surface area contributed by atoms with E-state index in [1.54, 1.807) is 11.8 Å². The van der Waals surface area contributed by atoms with E-state index in [2.05, 4.69) is 23.4 Å². The van der Waals surface area contributed by atoms with Crippen molar-refractivity contribution in [1.82, 2.24) is 10.2 Å². The van der Waals surface area contributed by atoms with E-state index in [9.17, 15) is 4.79 Å². The molecule has 88 valence electrons. The summed E-state index contributed by atoms with van der Waals surface area (Å²) < 4.78 is 0. The first kappa shape index (κ1) is 12.8. The molecule has 0 aliphatic carbocycles. The number of nitrogens with one attached hydrogen (secondary N) is 1. The molecule has 1 atom stereocenters. The fraction of sp³-hybridized carbons (Fsp3) is 0.900. The van der Waals surface area contributed by atoms with Gasteiger partial charge in [-0.2, -0.15) is 11.8 Å². The number of hydrogen-bond donors (Lipinski definition) is 2. The minimum Gasteiger partial charge on any atom is -0.481 e. The van der Waals surface area contributed by atoms with Gasteiger partial charge in [0.05, 0.1) is 12.0 Å². The highest BCUT2D eigenvalue weighted by atomic mass is 32.2. The van der Waals surface area contributed by atoms with Gasteiger partial charge in [0.2, 0.25) is 0 Å². The Morgan fingerprint density at radius 2 is 2.27 bits per heavy atom. The Labute approximate surface area is 95.4 Å². The number of hydrogen-bond acceptors (Lipinski definition) is 4. The Kier molecular flexibility index (Phi) is 4.43.